The fraction of sp³-hybridized carbons (Fsp3) is 0.250. The van der Waals surface area contributed by atoms with Gasteiger partial charge in [0.15, 0.2) is 17.3 Å². The van der Waals surface area contributed by atoms with Crippen molar-refractivity contribution in [1.29, 1.82) is 0 Å². The topological polar surface area (TPSA) is 55.8 Å². The maximum Gasteiger partial charge on any atom is 0.263 e. The number of carbonyl (C=O) groups is 2. The van der Waals surface area contributed by atoms with E-state index in [1.165, 1.54) is 18.3 Å². The molecule has 0 bridgehead atoms. The van der Waals surface area contributed by atoms with Crippen LogP contribution < -0.4 is 9.47 Å². The Labute approximate surface area is 132 Å². The van der Waals surface area contributed by atoms with Gasteiger partial charge in [0.05, 0.1) is 9.75 Å². The van der Waals surface area contributed by atoms with Crippen molar-refractivity contribution in [3.63, 3.8) is 0 Å². The molecule has 1 aromatic heterocycles. The summed E-state index contributed by atoms with van der Waals surface area (Å²) < 4.78 is 10.6. The van der Waals surface area contributed by atoms with Crippen LogP contribution in [-0.2, 0) is 6.54 Å². The van der Waals surface area contributed by atoms with Crippen LogP contribution in [0.2, 0.25) is 0 Å². The molecule has 5 nitrogen and oxygen atoms in total. The van der Waals surface area contributed by atoms with Gasteiger partial charge in [-0.05, 0) is 36.8 Å². The van der Waals surface area contributed by atoms with Gasteiger partial charge in [-0.25, -0.2) is 0 Å². The molecule has 1 aliphatic rings. The summed E-state index contributed by atoms with van der Waals surface area (Å²) in [5, 5.41) is 0. The second-order valence-electron chi connectivity index (χ2n) is 5.07. The molecular formula is C16H15NO4S. The van der Waals surface area contributed by atoms with Gasteiger partial charge in [-0.15, -0.1) is 11.3 Å². The summed E-state index contributed by atoms with van der Waals surface area (Å²) in [7, 11) is 1.74. The third kappa shape index (κ3) is 2.82. The van der Waals surface area contributed by atoms with Crippen LogP contribution in [0, 0.1) is 0 Å². The zero-order valence-corrected chi connectivity index (χ0v) is 13.1. The van der Waals surface area contributed by atoms with Gasteiger partial charge in [-0.1, -0.05) is 6.07 Å². The lowest BCUT2D eigenvalue weighted by Gasteiger charge is -2.16. The number of nitrogens with zero attached hydrogens (tertiary/aromatic N) is 1. The Morgan fingerprint density at radius 2 is 1.86 bits per heavy atom. The molecule has 0 aliphatic carbocycles. The summed E-state index contributed by atoms with van der Waals surface area (Å²) in [5.41, 5.74) is 0.962. The van der Waals surface area contributed by atoms with Crippen molar-refractivity contribution >= 4 is 23.0 Å². The minimum Gasteiger partial charge on any atom is -0.454 e. The number of Topliss-reactive ketones (excluding diaryl/α,β-unsaturated/α-hetero) is 1. The second kappa shape index (κ2) is 5.81. The van der Waals surface area contributed by atoms with Crippen molar-refractivity contribution in [3.05, 3.63) is 45.6 Å². The predicted molar refractivity (Wildman–Crippen MR) is 82.7 cm³/mol. The molecule has 22 heavy (non-hydrogen) atoms. The normalized spacial score (nSPS) is 12.3. The van der Waals surface area contributed by atoms with Crippen LogP contribution in [0.25, 0.3) is 0 Å². The van der Waals surface area contributed by atoms with E-state index >= 15 is 0 Å². The first kappa shape index (κ1) is 14.6. The Balaban J connectivity index is 1.71. The number of amides is 1. The van der Waals surface area contributed by atoms with Gasteiger partial charge in [-0.3, -0.25) is 9.59 Å². The number of thiophene rings is 1. The van der Waals surface area contributed by atoms with E-state index in [4.69, 9.17) is 9.47 Å². The molecule has 0 saturated heterocycles. The molecule has 0 fully saturated rings. The quantitative estimate of drug-likeness (QED) is 0.814. The maximum atomic E-state index is 12.4. The van der Waals surface area contributed by atoms with E-state index in [0.29, 0.717) is 22.0 Å². The number of ketones is 1. The van der Waals surface area contributed by atoms with Crippen molar-refractivity contribution in [2.45, 2.75) is 13.5 Å². The third-order valence-corrected chi connectivity index (χ3v) is 4.54. The zero-order chi connectivity index (χ0) is 15.7. The fourth-order valence-corrected chi connectivity index (χ4v) is 3.11. The molecular weight excluding hydrogens is 302 g/mol. The lowest BCUT2D eigenvalue weighted by atomic mass is 10.2. The van der Waals surface area contributed by atoms with Crippen molar-refractivity contribution in [2.75, 3.05) is 13.8 Å². The van der Waals surface area contributed by atoms with Crippen LogP contribution >= 0.6 is 11.3 Å². The smallest absolute Gasteiger partial charge is 0.263 e. The van der Waals surface area contributed by atoms with E-state index in [9.17, 15) is 9.59 Å². The minimum absolute atomic E-state index is 0.0255. The molecule has 0 saturated carbocycles. The third-order valence-electron chi connectivity index (χ3n) is 3.37. The molecule has 2 heterocycles. The van der Waals surface area contributed by atoms with Gasteiger partial charge in [0.2, 0.25) is 6.79 Å². The Morgan fingerprint density at radius 3 is 2.59 bits per heavy atom. The molecule has 0 radical (unpaired) electrons. The number of fused-ring (bicyclic) bond motifs is 1. The fourth-order valence-electron chi connectivity index (χ4n) is 2.22. The van der Waals surface area contributed by atoms with E-state index in [0.717, 1.165) is 11.3 Å². The first-order valence-electron chi connectivity index (χ1n) is 6.79. The van der Waals surface area contributed by atoms with Gasteiger partial charge in [0.1, 0.15) is 0 Å². The second-order valence-corrected chi connectivity index (χ2v) is 6.15. The molecule has 114 valence electrons. The van der Waals surface area contributed by atoms with Crippen LogP contribution in [0.5, 0.6) is 11.5 Å². The average Bonchev–Trinajstić information content (AvgIpc) is 3.15. The van der Waals surface area contributed by atoms with Crippen LogP contribution in [0.15, 0.2) is 30.3 Å². The standard InChI is InChI=1S/C16H15NO4S/c1-10(18)14-5-6-15(22-14)16(19)17(2)8-11-3-4-12-13(7-11)21-9-20-12/h3-7H,8-9H2,1-2H3. The van der Waals surface area contributed by atoms with E-state index in [-0.39, 0.29) is 18.5 Å². The molecule has 0 unspecified atom stereocenters. The highest BCUT2D eigenvalue weighted by molar-refractivity contribution is 7.15. The summed E-state index contributed by atoms with van der Waals surface area (Å²) in [6.45, 7) is 2.19. The summed E-state index contributed by atoms with van der Waals surface area (Å²) >= 11 is 1.22. The predicted octanol–water partition coefficient (Wildman–Crippen LogP) is 2.95. The van der Waals surface area contributed by atoms with Gasteiger partial charge in [0.25, 0.3) is 5.91 Å². The van der Waals surface area contributed by atoms with Crippen LogP contribution in [-0.4, -0.2) is 30.4 Å². The van der Waals surface area contributed by atoms with Crippen LogP contribution in [0.4, 0.5) is 0 Å². The molecule has 1 amide bonds. The number of benzene rings is 1. The van der Waals surface area contributed by atoms with Crippen molar-refractivity contribution in [2.24, 2.45) is 0 Å². The van der Waals surface area contributed by atoms with Crippen molar-refractivity contribution in [3.8, 4) is 11.5 Å². The Bertz CT molecular complexity index is 737. The summed E-state index contributed by atoms with van der Waals surface area (Å²) in [4.78, 5) is 26.5. The number of hydrogen-bond acceptors (Lipinski definition) is 5. The number of carbonyl (C=O) groups excluding carboxylic acids is 2. The monoisotopic (exact) mass is 317 g/mol. The summed E-state index contributed by atoms with van der Waals surface area (Å²) in [6, 6.07) is 9.01. The largest absolute Gasteiger partial charge is 0.454 e. The minimum atomic E-state index is -0.102. The van der Waals surface area contributed by atoms with E-state index in [2.05, 4.69) is 0 Å². The molecule has 0 spiro atoms. The maximum absolute atomic E-state index is 12.4. The van der Waals surface area contributed by atoms with E-state index in [1.807, 2.05) is 18.2 Å². The van der Waals surface area contributed by atoms with Crippen molar-refractivity contribution in [1.82, 2.24) is 4.90 Å². The van der Waals surface area contributed by atoms with E-state index in [1.54, 1.807) is 24.1 Å². The highest BCUT2D eigenvalue weighted by atomic mass is 32.1. The summed E-state index contributed by atoms with van der Waals surface area (Å²) in [6.07, 6.45) is 0. The lowest BCUT2D eigenvalue weighted by molar-refractivity contribution is 0.0789. The van der Waals surface area contributed by atoms with Gasteiger partial charge < -0.3 is 14.4 Å². The molecule has 0 atom stereocenters. The molecule has 1 aliphatic heterocycles. The average molecular weight is 317 g/mol. The molecule has 6 heteroatoms. The number of hydrogen-bond donors (Lipinski definition) is 0. The number of ether oxygens (including phenoxy) is 2. The lowest BCUT2D eigenvalue weighted by Crippen LogP contribution is -2.25. The Hall–Kier alpha value is -2.34. The van der Waals surface area contributed by atoms with Gasteiger partial charge in [-0.2, -0.15) is 0 Å². The zero-order valence-electron chi connectivity index (χ0n) is 12.3. The molecule has 3 rings (SSSR count). The Kier molecular flexibility index (Phi) is 3.85. The highest BCUT2D eigenvalue weighted by Gasteiger charge is 2.18. The first-order chi connectivity index (χ1) is 10.5. The SMILES string of the molecule is CC(=O)c1ccc(C(=O)N(C)Cc2ccc3c(c2)OCO3)s1. The summed E-state index contributed by atoms with van der Waals surface area (Å²) in [5.74, 6) is 1.30. The molecule has 0 N–H and O–H groups in total. The van der Waals surface area contributed by atoms with E-state index < -0.39 is 0 Å². The van der Waals surface area contributed by atoms with Crippen LogP contribution in [0.3, 0.4) is 0 Å². The van der Waals surface area contributed by atoms with Gasteiger partial charge >= 0.3 is 0 Å². The van der Waals surface area contributed by atoms with Crippen molar-refractivity contribution < 1.29 is 19.1 Å². The first-order valence-corrected chi connectivity index (χ1v) is 7.61. The van der Waals surface area contributed by atoms with Crippen LogP contribution in [0.1, 0.15) is 31.8 Å². The molecule has 1 aromatic carbocycles. The highest BCUT2D eigenvalue weighted by Crippen LogP contribution is 2.32. The number of rotatable bonds is 4. The van der Waals surface area contributed by atoms with Gasteiger partial charge in [0, 0.05) is 13.6 Å². The molecule has 2 aromatic rings. The Morgan fingerprint density at radius 1 is 1.14 bits per heavy atom.